The molecule has 17 heavy (non-hydrogen) atoms. The normalized spacial score (nSPS) is 12.5. The van der Waals surface area contributed by atoms with Gasteiger partial charge in [-0.25, -0.2) is 0 Å². The van der Waals surface area contributed by atoms with Gasteiger partial charge in [0.1, 0.15) is 0 Å². The molecule has 0 unspecified atom stereocenters. The molecular weight excluding hydrogens is 208 g/mol. The van der Waals surface area contributed by atoms with E-state index in [2.05, 4.69) is 38.7 Å². The predicted molar refractivity (Wildman–Crippen MR) is 74.8 cm³/mol. The molecule has 0 saturated carbocycles. The summed E-state index contributed by atoms with van der Waals surface area (Å²) >= 11 is 0. The van der Waals surface area contributed by atoms with Crippen LogP contribution in [0.1, 0.15) is 60.8 Å². The van der Waals surface area contributed by atoms with Gasteiger partial charge in [-0.1, -0.05) is 27.7 Å². The van der Waals surface area contributed by atoms with Crippen LogP contribution in [0.5, 0.6) is 0 Å². The first-order chi connectivity index (χ1) is 7.86. The highest BCUT2D eigenvalue weighted by Crippen LogP contribution is 2.21. The van der Waals surface area contributed by atoms with Gasteiger partial charge in [0.25, 0.3) is 0 Å². The van der Waals surface area contributed by atoms with Crippen LogP contribution in [0.2, 0.25) is 0 Å². The quantitative estimate of drug-likeness (QED) is 0.637. The summed E-state index contributed by atoms with van der Waals surface area (Å²) in [5.74, 6) is 0.695. The summed E-state index contributed by atoms with van der Waals surface area (Å²) < 4.78 is 0. The molecule has 0 amide bonds. The van der Waals surface area contributed by atoms with Crippen molar-refractivity contribution in [1.82, 2.24) is 4.90 Å². The van der Waals surface area contributed by atoms with Crippen LogP contribution >= 0.6 is 0 Å². The molecule has 2 heteroatoms. The van der Waals surface area contributed by atoms with Gasteiger partial charge in [0.05, 0.1) is 11.5 Å². The molecule has 0 aromatic carbocycles. The smallest absolute Gasteiger partial charge is 0.0684 e. The van der Waals surface area contributed by atoms with E-state index in [4.69, 9.17) is 5.26 Å². The number of rotatable bonds is 8. The van der Waals surface area contributed by atoms with E-state index in [9.17, 15) is 0 Å². The van der Waals surface area contributed by atoms with Gasteiger partial charge in [-0.2, -0.15) is 5.26 Å². The van der Waals surface area contributed by atoms with Gasteiger partial charge < -0.3 is 4.90 Å². The molecule has 0 aliphatic heterocycles. The van der Waals surface area contributed by atoms with Crippen LogP contribution in [0.3, 0.4) is 0 Å². The van der Waals surface area contributed by atoms with Crippen molar-refractivity contribution < 1.29 is 0 Å². The van der Waals surface area contributed by atoms with E-state index in [0.29, 0.717) is 12.0 Å². The Balaban J connectivity index is 4.44. The minimum absolute atomic E-state index is 0.193. The Morgan fingerprint density at radius 1 is 1.18 bits per heavy atom. The summed E-state index contributed by atoms with van der Waals surface area (Å²) in [5.41, 5.74) is -0.193. The summed E-state index contributed by atoms with van der Waals surface area (Å²) in [6, 6.07) is 3.07. The molecule has 0 aromatic rings. The maximum absolute atomic E-state index is 9.07. The Hall–Kier alpha value is -0.550. The molecule has 100 valence electrons. The van der Waals surface area contributed by atoms with Crippen molar-refractivity contribution >= 4 is 0 Å². The molecule has 2 nitrogen and oxygen atoms in total. The molecule has 0 atom stereocenters. The van der Waals surface area contributed by atoms with Gasteiger partial charge in [0.15, 0.2) is 0 Å². The molecule has 0 saturated heterocycles. The summed E-state index contributed by atoms with van der Waals surface area (Å²) in [5, 5.41) is 9.07. The highest BCUT2D eigenvalue weighted by Gasteiger charge is 2.21. The molecule has 0 aliphatic carbocycles. The zero-order chi connectivity index (χ0) is 13.5. The summed E-state index contributed by atoms with van der Waals surface area (Å²) in [4.78, 5) is 2.57. The lowest BCUT2D eigenvalue weighted by Gasteiger charge is -2.33. The highest BCUT2D eigenvalue weighted by atomic mass is 15.2. The van der Waals surface area contributed by atoms with Crippen molar-refractivity contribution in [1.29, 1.82) is 5.26 Å². The highest BCUT2D eigenvalue weighted by molar-refractivity contribution is 4.92. The Labute approximate surface area is 108 Å². The first kappa shape index (κ1) is 16.4. The molecule has 0 radical (unpaired) electrons. The second kappa shape index (κ2) is 7.71. The van der Waals surface area contributed by atoms with Gasteiger partial charge >= 0.3 is 0 Å². The third kappa shape index (κ3) is 6.68. The summed E-state index contributed by atoms with van der Waals surface area (Å²) in [7, 11) is 0. The lowest BCUT2D eigenvalue weighted by Crippen LogP contribution is -2.39. The largest absolute Gasteiger partial charge is 0.300 e. The monoisotopic (exact) mass is 238 g/mol. The van der Waals surface area contributed by atoms with Crippen molar-refractivity contribution in [2.24, 2.45) is 11.3 Å². The third-order valence-electron chi connectivity index (χ3n) is 3.39. The first-order valence-electron chi connectivity index (χ1n) is 7.01. The lowest BCUT2D eigenvalue weighted by molar-refractivity contribution is 0.150. The van der Waals surface area contributed by atoms with Gasteiger partial charge in [0, 0.05) is 12.6 Å². The lowest BCUT2D eigenvalue weighted by atomic mass is 9.90. The molecule has 0 bridgehead atoms. The van der Waals surface area contributed by atoms with Crippen molar-refractivity contribution in [3.05, 3.63) is 0 Å². The fraction of sp³-hybridized carbons (Fsp3) is 0.933. The van der Waals surface area contributed by atoms with Gasteiger partial charge in [0.2, 0.25) is 0 Å². The van der Waals surface area contributed by atoms with Crippen molar-refractivity contribution in [2.75, 3.05) is 13.1 Å². The second-order valence-electron chi connectivity index (χ2n) is 6.10. The van der Waals surface area contributed by atoms with E-state index in [-0.39, 0.29) is 5.41 Å². The van der Waals surface area contributed by atoms with Crippen molar-refractivity contribution in [3.8, 4) is 6.07 Å². The molecule has 0 aromatic heterocycles. The van der Waals surface area contributed by atoms with Crippen molar-refractivity contribution in [2.45, 2.75) is 66.8 Å². The minimum atomic E-state index is -0.193. The Morgan fingerprint density at radius 3 is 2.06 bits per heavy atom. The fourth-order valence-corrected chi connectivity index (χ4v) is 2.18. The van der Waals surface area contributed by atoms with E-state index < -0.39 is 0 Å². The average molecular weight is 238 g/mol. The minimum Gasteiger partial charge on any atom is -0.300 e. The maximum atomic E-state index is 9.07. The van der Waals surface area contributed by atoms with Crippen LogP contribution in [-0.2, 0) is 0 Å². The van der Waals surface area contributed by atoms with Crippen LogP contribution in [0.15, 0.2) is 0 Å². The molecule has 0 heterocycles. The first-order valence-corrected chi connectivity index (χ1v) is 7.01. The van der Waals surface area contributed by atoms with Gasteiger partial charge in [-0.3, -0.25) is 0 Å². The Bertz CT molecular complexity index is 234. The van der Waals surface area contributed by atoms with E-state index in [0.717, 1.165) is 19.5 Å². The second-order valence-corrected chi connectivity index (χ2v) is 6.10. The topological polar surface area (TPSA) is 27.0 Å². The standard InChI is InChI=1S/C15H30N2/c1-7-14(8-2)17(11-13(3)4)10-9-15(5,6)12-16/h13-14H,7-11H2,1-6H3. The molecule has 0 N–H and O–H groups in total. The third-order valence-corrected chi connectivity index (χ3v) is 3.39. The van der Waals surface area contributed by atoms with Crippen LogP contribution in [0.25, 0.3) is 0 Å². The fourth-order valence-electron chi connectivity index (χ4n) is 2.18. The van der Waals surface area contributed by atoms with Gasteiger partial charge in [-0.05, 0) is 45.6 Å². The Kier molecular flexibility index (Phi) is 7.46. The zero-order valence-electron chi connectivity index (χ0n) is 12.6. The van der Waals surface area contributed by atoms with E-state index in [1.54, 1.807) is 0 Å². The summed E-state index contributed by atoms with van der Waals surface area (Å²) in [6.45, 7) is 15.3. The Morgan fingerprint density at radius 2 is 1.71 bits per heavy atom. The van der Waals surface area contributed by atoms with Gasteiger partial charge in [-0.15, -0.1) is 0 Å². The number of nitriles is 1. The molecule has 0 fully saturated rings. The molecule has 0 rings (SSSR count). The van der Waals surface area contributed by atoms with Crippen molar-refractivity contribution in [3.63, 3.8) is 0 Å². The van der Waals surface area contributed by atoms with E-state index in [1.807, 2.05) is 13.8 Å². The van der Waals surface area contributed by atoms with Crippen LogP contribution in [-0.4, -0.2) is 24.0 Å². The molecule has 0 spiro atoms. The van der Waals surface area contributed by atoms with Crippen LogP contribution in [0, 0.1) is 22.7 Å². The zero-order valence-corrected chi connectivity index (χ0v) is 12.6. The summed E-state index contributed by atoms with van der Waals surface area (Å²) in [6.07, 6.45) is 3.37. The number of hydrogen-bond acceptors (Lipinski definition) is 2. The predicted octanol–water partition coefficient (Wildman–Crippen LogP) is 4.07. The van der Waals surface area contributed by atoms with E-state index in [1.165, 1.54) is 12.8 Å². The number of hydrogen-bond donors (Lipinski definition) is 0. The van der Waals surface area contributed by atoms with Crippen LogP contribution < -0.4 is 0 Å². The molecule has 0 aliphatic rings. The number of nitrogens with zero attached hydrogens (tertiary/aromatic N) is 2. The molecular formula is C15H30N2. The van der Waals surface area contributed by atoms with Crippen LogP contribution in [0.4, 0.5) is 0 Å². The average Bonchev–Trinajstić information content (AvgIpc) is 2.26. The van der Waals surface area contributed by atoms with E-state index >= 15 is 0 Å². The SMILES string of the molecule is CCC(CC)N(CCC(C)(C)C#N)CC(C)C. The maximum Gasteiger partial charge on any atom is 0.0684 e.